The van der Waals surface area contributed by atoms with Crippen LogP contribution in [0.25, 0.3) is 0 Å². The van der Waals surface area contributed by atoms with Crippen molar-refractivity contribution >= 4 is 12.1 Å². The number of hydrogen-bond acceptors (Lipinski definition) is 5. The SMILES string of the molecule is CC(C)N1C[C@@H]2C[C@H]1CN2C1CN(c2nc(C=O)ccc2F)C1. The van der Waals surface area contributed by atoms with Gasteiger partial charge in [0.2, 0.25) is 0 Å². The topological polar surface area (TPSA) is 39.7 Å². The van der Waals surface area contributed by atoms with Crippen LogP contribution >= 0.6 is 0 Å². The van der Waals surface area contributed by atoms with E-state index in [2.05, 4.69) is 28.6 Å². The molecule has 23 heavy (non-hydrogen) atoms. The fourth-order valence-corrected chi connectivity index (χ4v) is 4.38. The number of fused-ring (bicyclic) bond motifs is 2. The molecule has 1 aromatic rings. The van der Waals surface area contributed by atoms with Gasteiger partial charge in [-0.15, -0.1) is 0 Å². The molecule has 3 aliphatic rings. The first kappa shape index (κ1) is 15.0. The molecular formula is C17H23FN4O. The van der Waals surface area contributed by atoms with Gasteiger partial charge in [0.1, 0.15) is 5.69 Å². The third kappa shape index (κ3) is 2.44. The monoisotopic (exact) mass is 318 g/mol. The van der Waals surface area contributed by atoms with Gasteiger partial charge in [-0.2, -0.15) is 0 Å². The second-order valence-electron chi connectivity index (χ2n) is 7.25. The summed E-state index contributed by atoms with van der Waals surface area (Å²) in [7, 11) is 0. The van der Waals surface area contributed by atoms with Crippen LogP contribution in [0, 0.1) is 5.82 Å². The molecule has 0 amide bonds. The summed E-state index contributed by atoms with van der Waals surface area (Å²) in [6, 6.07) is 5.19. The number of likely N-dealkylation sites (tertiary alicyclic amines) is 2. The molecule has 0 aliphatic carbocycles. The number of aromatic nitrogens is 1. The zero-order valence-electron chi connectivity index (χ0n) is 13.7. The zero-order chi connectivity index (χ0) is 16.1. The molecular weight excluding hydrogens is 295 g/mol. The van der Waals surface area contributed by atoms with Crippen LogP contribution in [0.3, 0.4) is 0 Å². The van der Waals surface area contributed by atoms with Crippen molar-refractivity contribution in [2.24, 2.45) is 0 Å². The highest BCUT2D eigenvalue weighted by molar-refractivity contribution is 5.72. The Bertz CT molecular complexity index is 617. The Morgan fingerprint density at radius 1 is 1.17 bits per heavy atom. The first-order valence-electron chi connectivity index (χ1n) is 8.45. The molecule has 3 aliphatic heterocycles. The molecule has 3 fully saturated rings. The first-order chi connectivity index (χ1) is 11.1. The molecule has 5 nitrogen and oxygen atoms in total. The minimum absolute atomic E-state index is 0.289. The fourth-order valence-electron chi connectivity index (χ4n) is 4.38. The maximum atomic E-state index is 13.9. The first-order valence-corrected chi connectivity index (χ1v) is 8.45. The van der Waals surface area contributed by atoms with Crippen molar-refractivity contribution in [3.05, 3.63) is 23.6 Å². The summed E-state index contributed by atoms with van der Waals surface area (Å²) in [6.07, 6.45) is 1.93. The van der Waals surface area contributed by atoms with Crippen molar-refractivity contribution in [1.29, 1.82) is 0 Å². The summed E-state index contributed by atoms with van der Waals surface area (Å²) >= 11 is 0. The molecule has 0 saturated carbocycles. The van der Waals surface area contributed by atoms with E-state index in [-0.39, 0.29) is 11.5 Å². The Balaban J connectivity index is 1.39. The molecule has 124 valence electrons. The lowest BCUT2D eigenvalue weighted by Gasteiger charge is -2.49. The molecule has 0 unspecified atom stereocenters. The van der Waals surface area contributed by atoms with Crippen molar-refractivity contribution in [2.45, 2.75) is 44.4 Å². The van der Waals surface area contributed by atoms with Crippen LogP contribution in [0.5, 0.6) is 0 Å². The van der Waals surface area contributed by atoms with Gasteiger partial charge in [0, 0.05) is 50.3 Å². The molecule has 1 aromatic heterocycles. The van der Waals surface area contributed by atoms with Crippen LogP contribution in [-0.2, 0) is 0 Å². The predicted molar refractivity (Wildman–Crippen MR) is 86.3 cm³/mol. The third-order valence-electron chi connectivity index (χ3n) is 5.59. The summed E-state index contributed by atoms with van der Waals surface area (Å²) in [6.45, 7) is 8.43. The average molecular weight is 318 g/mol. The molecule has 3 saturated heterocycles. The van der Waals surface area contributed by atoms with Crippen LogP contribution in [0.1, 0.15) is 30.8 Å². The largest absolute Gasteiger partial charge is 0.351 e. The second kappa shape index (κ2) is 5.53. The van der Waals surface area contributed by atoms with E-state index in [0.717, 1.165) is 26.2 Å². The minimum Gasteiger partial charge on any atom is -0.351 e. The molecule has 4 rings (SSSR count). The maximum absolute atomic E-state index is 13.9. The van der Waals surface area contributed by atoms with E-state index in [1.54, 1.807) is 0 Å². The smallest absolute Gasteiger partial charge is 0.168 e. The van der Waals surface area contributed by atoms with Crippen LogP contribution in [-0.4, -0.2) is 71.4 Å². The van der Waals surface area contributed by atoms with E-state index in [0.29, 0.717) is 36.3 Å². The lowest BCUT2D eigenvalue weighted by molar-refractivity contribution is 0.0638. The van der Waals surface area contributed by atoms with Gasteiger partial charge in [0.05, 0.1) is 0 Å². The molecule has 6 heteroatoms. The summed E-state index contributed by atoms with van der Waals surface area (Å²) in [4.78, 5) is 22.1. The van der Waals surface area contributed by atoms with E-state index < -0.39 is 0 Å². The molecule has 4 heterocycles. The van der Waals surface area contributed by atoms with Crippen LogP contribution in [0.4, 0.5) is 10.2 Å². The fraction of sp³-hybridized carbons (Fsp3) is 0.647. The summed E-state index contributed by atoms with van der Waals surface area (Å²) < 4.78 is 13.9. The highest BCUT2D eigenvalue weighted by Gasteiger charge is 2.48. The van der Waals surface area contributed by atoms with Crippen molar-refractivity contribution in [3.8, 4) is 0 Å². The van der Waals surface area contributed by atoms with Gasteiger partial charge >= 0.3 is 0 Å². The zero-order valence-corrected chi connectivity index (χ0v) is 13.7. The van der Waals surface area contributed by atoms with Crippen LogP contribution in [0.15, 0.2) is 12.1 Å². The van der Waals surface area contributed by atoms with E-state index in [1.807, 2.05) is 4.90 Å². The summed E-state index contributed by atoms with van der Waals surface area (Å²) in [5.74, 6) is -0.0259. The molecule has 0 radical (unpaired) electrons. The van der Waals surface area contributed by atoms with E-state index in [1.165, 1.54) is 18.6 Å². The average Bonchev–Trinajstić information content (AvgIpc) is 3.08. The Morgan fingerprint density at radius 2 is 1.96 bits per heavy atom. The molecule has 0 spiro atoms. The van der Waals surface area contributed by atoms with Gasteiger partial charge in [-0.25, -0.2) is 9.37 Å². The number of rotatable bonds is 4. The number of carbonyl (C=O) groups is 1. The second-order valence-corrected chi connectivity index (χ2v) is 7.25. The molecule has 0 N–H and O–H groups in total. The molecule has 2 bridgehead atoms. The van der Waals surface area contributed by atoms with E-state index >= 15 is 0 Å². The Morgan fingerprint density at radius 3 is 2.57 bits per heavy atom. The highest BCUT2D eigenvalue weighted by atomic mass is 19.1. The standard InChI is InChI=1S/C17H23FN4O/c1-11(2)21-8-14-5-13(21)9-22(14)15-6-20(7-15)17-16(18)4-3-12(10-23)19-17/h3-4,10-11,13-15H,5-9H2,1-2H3/t13-,14-/m0/s1. The third-order valence-corrected chi connectivity index (χ3v) is 5.59. The van der Waals surface area contributed by atoms with E-state index in [9.17, 15) is 9.18 Å². The number of piperazine rings is 1. The quantitative estimate of drug-likeness (QED) is 0.785. The highest BCUT2D eigenvalue weighted by Crippen LogP contribution is 2.36. The normalized spacial score (nSPS) is 28.6. The molecule has 2 atom stereocenters. The van der Waals surface area contributed by atoms with Gasteiger partial charge in [0.25, 0.3) is 0 Å². The predicted octanol–water partition coefficient (Wildman–Crippen LogP) is 1.39. The number of aldehydes is 1. The van der Waals surface area contributed by atoms with Crippen molar-refractivity contribution < 1.29 is 9.18 Å². The van der Waals surface area contributed by atoms with Crippen LogP contribution in [0.2, 0.25) is 0 Å². The van der Waals surface area contributed by atoms with Gasteiger partial charge in [-0.3, -0.25) is 14.6 Å². The van der Waals surface area contributed by atoms with Gasteiger partial charge < -0.3 is 4.90 Å². The Labute approximate surface area is 136 Å². The number of nitrogens with zero attached hydrogens (tertiary/aromatic N) is 4. The lowest BCUT2D eigenvalue weighted by atomic mass is 10.1. The van der Waals surface area contributed by atoms with Gasteiger partial charge in [-0.05, 0) is 32.4 Å². The van der Waals surface area contributed by atoms with Gasteiger partial charge in [-0.1, -0.05) is 0 Å². The number of halogens is 1. The van der Waals surface area contributed by atoms with E-state index in [4.69, 9.17) is 0 Å². The Kier molecular flexibility index (Phi) is 3.61. The van der Waals surface area contributed by atoms with Crippen molar-refractivity contribution in [2.75, 3.05) is 31.1 Å². The number of carbonyl (C=O) groups excluding carboxylic acids is 1. The summed E-state index contributed by atoms with van der Waals surface area (Å²) in [5.41, 5.74) is 0.289. The number of hydrogen-bond donors (Lipinski definition) is 0. The van der Waals surface area contributed by atoms with Crippen molar-refractivity contribution in [3.63, 3.8) is 0 Å². The minimum atomic E-state index is -0.344. The van der Waals surface area contributed by atoms with Gasteiger partial charge in [0.15, 0.2) is 17.9 Å². The van der Waals surface area contributed by atoms with Crippen molar-refractivity contribution in [1.82, 2.24) is 14.8 Å². The number of pyridine rings is 1. The molecule has 0 aromatic carbocycles. The maximum Gasteiger partial charge on any atom is 0.168 e. The Hall–Kier alpha value is -1.53. The van der Waals surface area contributed by atoms with Crippen LogP contribution < -0.4 is 4.90 Å². The summed E-state index contributed by atoms with van der Waals surface area (Å²) in [5, 5.41) is 0. The lowest BCUT2D eigenvalue weighted by Crippen LogP contribution is -2.64. The number of anilines is 1.